The van der Waals surface area contributed by atoms with Crippen molar-refractivity contribution in [3.8, 4) is 11.5 Å². The number of nitrogens with one attached hydrogen (secondary N) is 1. The highest BCUT2D eigenvalue weighted by Crippen LogP contribution is 2.27. The topological polar surface area (TPSA) is 56.8 Å². The molecule has 0 aliphatic carbocycles. The van der Waals surface area contributed by atoms with E-state index in [9.17, 15) is 4.79 Å². The van der Waals surface area contributed by atoms with Gasteiger partial charge in [-0.2, -0.15) is 0 Å². The van der Waals surface area contributed by atoms with Crippen molar-refractivity contribution in [3.05, 3.63) is 58.6 Å². The van der Waals surface area contributed by atoms with Crippen LogP contribution >= 0.6 is 11.6 Å². The van der Waals surface area contributed by atoms with Crippen LogP contribution in [-0.4, -0.2) is 31.8 Å². The Labute approximate surface area is 164 Å². The Hall–Kier alpha value is -2.24. The number of ether oxygens (including phenoxy) is 3. The molecule has 5 nitrogen and oxygen atoms in total. The van der Waals surface area contributed by atoms with Crippen LogP contribution in [0.4, 0.5) is 0 Å². The van der Waals surface area contributed by atoms with Crippen LogP contribution in [0.1, 0.15) is 35.7 Å². The molecule has 1 amide bonds. The smallest absolute Gasteiger partial charge is 0.251 e. The van der Waals surface area contributed by atoms with Gasteiger partial charge in [0, 0.05) is 24.3 Å². The van der Waals surface area contributed by atoms with E-state index in [1.165, 1.54) is 0 Å². The van der Waals surface area contributed by atoms with Crippen molar-refractivity contribution in [3.63, 3.8) is 0 Å². The Bertz CT molecular complexity index is 775. The second kappa shape index (κ2) is 9.62. The van der Waals surface area contributed by atoms with Crippen molar-refractivity contribution >= 4 is 17.5 Å². The van der Waals surface area contributed by atoms with Gasteiger partial charge in [-0.3, -0.25) is 4.79 Å². The molecule has 0 unspecified atom stereocenters. The summed E-state index contributed by atoms with van der Waals surface area (Å²) in [6.07, 6.45) is 2.15. The first-order chi connectivity index (χ1) is 13.2. The van der Waals surface area contributed by atoms with Crippen molar-refractivity contribution in [2.45, 2.75) is 32.5 Å². The largest absolute Gasteiger partial charge is 0.493 e. The summed E-state index contributed by atoms with van der Waals surface area (Å²) in [7, 11) is 0. The van der Waals surface area contributed by atoms with Crippen molar-refractivity contribution in [1.29, 1.82) is 0 Å². The van der Waals surface area contributed by atoms with Gasteiger partial charge in [0.25, 0.3) is 5.91 Å². The average molecular weight is 390 g/mol. The molecule has 1 heterocycles. The molecule has 0 bridgehead atoms. The molecule has 1 aliphatic rings. The van der Waals surface area contributed by atoms with Gasteiger partial charge >= 0.3 is 0 Å². The molecule has 2 aromatic rings. The molecule has 2 aromatic carbocycles. The van der Waals surface area contributed by atoms with Gasteiger partial charge in [0.1, 0.15) is 18.1 Å². The number of para-hydroxylation sites is 1. The minimum atomic E-state index is -0.132. The summed E-state index contributed by atoms with van der Waals surface area (Å²) in [4.78, 5) is 12.5. The normalized spacial score (nSPS) is 16.1. The fraction of sp³-hybridized carbons (Fsp3) is 0.381. The standard InChI is InChI=1S/C21H24ClNO4/c1-2-25-19-10-9-15(21(24)23-13-17-6-5-11-26-17)12-16(19)14-27-20-8-4-3-7-18(20)22/h3-4,7-10,12,17H,2,5-6,11,13-14H2,1H3,(H,23,24)/t17-/m1/s1. The summed E-state index contributed by atoms with van der Waals surface area (Å²) in [5.41, 5.74) is 1.36. The number of carbonyl (C=O) groups excluding carboxylic acids is 1. The quantitative estimate of drug-likeness (QED) is 0.734. The molecule has 3 rings (SSSR count). The predicted molar refractivity (Wildman–Crippen MR) is 105 cm³/mol. The van der Waals surface area contributed by atoms with Crippen LogP contribution in [-0.2, 0) is 11.3 Å². The minimum absolute atomic E-state index is 0.111. The van der Waals surface area contributed by atoms with Crippen molar-refractivity contribution in [2.75, 3.05) is 19.8 Å². The highest BCUT2D eigenvalue weighted by molar-refractivity contribution is 6.32. The second-order valence-corrected chi connectivity index (χ2v) is 6.73. The lowest BCUT2D eigenvalue weighted by atomic mass is 10.1. The van der Waals surface area contributed by atoms with Crippen LogP contribution in [0.5, 0.6) is 11.5 Å². The molecule has 1 atom stereocenters. The van der Waals surface area contributed by atoms with E-state index in [4.69, 9.17) is 25.8 Å². The van der Waals surface area contributed by atoms with Crippen LogP contribution in [0.15, 0.2) is 42.5 Å². The number of rotatable bonds is 8. The summed E-state index contributed by atoms with van der Waals surface area (Å²) in [5.74, 6) is 1.16. The number of amides is 1. The lowest BCUT2D eigenvalue weighted by Gasteiger charge is -2.15. The lowest BCUT2D eigenvalue weighted by molar-refractivity contribution is 0.0857. The Morgan fingerprint density at radius 2 is 2.07 bits per heavy atom. The zero-order chi connectivity index (χ0) is 19.1. The van der Waals surface area contributed by atoms with Gasteiger partial charge in [0.2, 0.25) is 0 Å². The third kappa shape index (κ3) is 5.37. The monoisotopic (exact) mass is 389 g/mol. The van der Waals surface area contributed by atoms with Crippen LogP contribution in [0.2, 0.25) is 5.02 Å². The van der Waals surface area contributed by atoms with E-state index in [-0.39, 0.29) is 18.6 Å². The number of carbonyl (C=O) groups is 1. The van der Waals surface area contributed by atoms with Gasteiger partial charge in [-0.25, -0.2) is 0 Å². The van der Waals surface area contributed by atoms with Gasteiger partial charge < -0.3 is 19.5 Å². The van der Waals surface area contributed by atoms with E-state index in [2.05, 4.69) is 5.32 Å². The highest BCUT2D eigenvalue weighted by atomic mass is 35.5. The second-order valence-electron chi connectivity index (χ2n) is 6.32. The maximum absolute atomic E-state index is 12.5. The zero-order valence-corrected chi connectivity index (χ0v) is 16.1. The molecule has 1 fully saturated rings. The van der Waals surface area contributed by atoms with Crippen LogP contribution in [0.25, 0.3) is 0 Å². The van der Waals surface area contributed by atoms with Gasteiger partial charge in [0.05, 0.1) is 17.7 Å². The van der Waals surface area contributed by atoms with Crippen LogP contribution in [0.3, 0.4) is 0 Å². The predicted octanol–water partition coefficient (Wildman–Crippen LogP) is 4.23. The summed E-state index contributed by atoms with van der Waals surface area (Å²) < 4.78 is 17.0. The van der Waals surface area contributed by atoms with Gasteiger partial charge in [-0.05, 0) is 50.1 Å². The fourth-order valence-electron chi connectivity index (χ4n) is 2.96. The van der Waals surface area contributed by atoms with E-state index in [1.807, 2.05) is 19.1 Å². The Balaban J connectivity index is 1.69. The summed E-state index contributed by atoms with van der Waals surface area (Å²) in [5, 5.41) is 3.48. The molecule has 144 valence electrons. The first-order valence-electron chi connectivity index (χ1n) is 9.20. The third-order valence-corrected chi connectivity index (χ3v) is 4.67. The van der Waals surface area contributed by atoms with Crippen molar-refractivity contribution < 1.29 is 19.0 Å². The zero-order valence-electron chi connectivity index (χ0n) is 15.4. The fourth-order valence-corrected chi connectivity index (χ4v) is 3.15. The van der Waals surface area contributed by atoms with Crippen molar-refractivity contribution in [2.24, 2.45) is 0 Å². The summed E-state index contributed by atoms with van der Waals surface area (Å²) >= 11 is 6.14. The first kappa shape index (κ1) is 19.5. The summed E-state index contributed by atoms with van der Waals surface area (Å²) in [6.45, 7) is 4.00. The third-order valence-electron chi connectivity index (χ3n) is 4.36. The highest BCUT2D eigenvalue weighted by Gasteiger charge is 2.17. The van der Waals surface area contributed by atoms with Crippen LogP contribution < -0.4 is 14.8 Å². The first-order valence-corrected chi connectivity index (χ1v) is 9.58. The molecule has 1 N–H and O–H groups in total. The van der Waals surface area contributed by atoms with Crippen LogP contribution in [0, 0.1) is 0 Å². The molecule has 0 aromatic heterocycles. The summed E-state index contributed by atoms with van der Waals surface area (Å²) in [6, 6.07) is 12.6. The van der Waals surface area contributed by atoms with Gasteiger partial charge in [0.15, 0.2) is 0 Å². The van der Waals surface area contributed by atoms with Gasteiger partial charge in [-0.15, -0.1) is 0 Å². The molecular formula is C21H24ClNO4. The van der Waals surface area contributed by atoms with Gasteiger partial charge in [-0.1, -0.05) is 23.7 Å². The maximum Gasteiger partial charge on any atom is 0.251 e. The maximum atomic E-state index is 12.5. The van der Waals surface area contributed by atoms with E-state index >= 15 is 0 Å². The Kier molecular flexibility index (Phi) is 6.96. The van der Waals surface area contributed by atoms with E-state index in [0.29, 0.717) is 35.2 Å². The molecule has 0 saturated carbocycles. The Morgan fingerprint density at radius 3 is 2.81 bits per heavy atom. The number of halogens is 1. The number of benzene rings is 2. The van der Waals surface area contributed by atoms with E-state index in [0.717, 1.165) is 25.0 Å². The van der Waals surface area contributed by atoms with E-state index in [1.54, 1.807) is 30.3 Å². The molecule has 1 aliphatic heterocycles. The molecular weight excluding hydrogens is 366 g/mol. The lowest BCUT2D eigenvalue weighted by Crippen LogP contribution is -2.31. The van der Waals surface area contributed by atoms with E-state index < -0.39 is 0 Å². The number of hydrogen-bond donors (Lipinski definition) is 1. The molecule has 6 heteroatoms. The minimum Gasteiger partial charge on any atom is -0.493 e. The Morgan fingerprint density at radius 1 is 1.22 bits per heavy atom. The average Bonchev–Trinajstić information content (AvgIpc) is 3.20. The molecule has 27 heavy (non-hydrogen) atoms. The number of hydrogen-bond acceptors (Lipinski definition) is 4. The SMILES string of the molecule is CCOc1ccc(C(=O)NC[C@H]2CCCO2)cc1COc1ccccc1Cl. The van der Waals surface area contributed by atoms with Crippen molar-refractivity contribution in [1.82, 2.24) is 5.32 Å². The molecule has 0 spiro atoms. The molecule has 0 radical (unpaired) electrons. The molecule has 1 saturated heterocycles.